The van der Waals surface area contributed by atoms with Gasteiger partial charge < -0.3 is 0 Å². The van der Waals surface area contributed by atoms with Gasteiger partial charge in [0.05, 0.1) is 6.08 Å². The van der Waals surface area contributed by atoms with Crippen molar-refractivity contribution in [3.63, 3.8) is 0 Å². The molecule has 0 aromatic heterocycles. The fraction of sp³-hybridized carbons (Fsp3) is 0.200. The maximum absolute atomic E-state index is 3.31. The number of hydrogen-bond acceptors (Lipinski definition) is 0. The van der Waals surface area contributed by atoms with E-state index in [-0.39, 0.29) is 5.41 Å². The quantitative estimate of drug-likeness (QED) is 0.629. The van der Waals surface area contributed by atoms with Crippen LogP contribution in [0, 0.1) is 6.08 Å². The van der Waals surface area contributed by atoms with Crippen molar-refractivity contribution in [1.82, 2.24) is 0 Å². The second kappa shape index (κ2) is 3.84. The molecule has 0 spiro atoms. The van der Waals surface area contributed by atoms with E-state index < -0.39 is 0 Å². The zero-order chi connectivity index (χ0) is 10.7. The number of hydrogen-bond donors (Lipinski definition) is 0. The van der Waals surface area contributed by atoms with Crippen LogP contribution in [-0.4, -0.2) is 0 Å². The first-order valence-corrected chi connectivity index (χ1v) is 5.24. The Morgan fingerprint density at radius 2 is 1.73 bits per heavy atom. The van der Waals surface area contributed by atoms with Gasteiger partial charge in [0.1, 0.15) is 11.6 Å². The van der Waals surface area contributed by atoms with Crippen LogP contribution < -0.4 is 0 Å². The molecule has 0 saturated heterocycles. The third kappa shape index (κ3) is 1.91. The molecule has 74 valence electrons. The zero-order valence-corrected chi connectivity index (χ0v) is 9.20. The van der Waals surface area contributed by atoms with E-state index in [2.05, 4.69) is 56.3 Å². The number of allylic oxidation sites excluding steroid dienone is 6. The Kier molecular flexibility index (Phi) is 2.53. The molecule has 0 aliphatic heterocycles. The Labute approximate surface area is 91.6 Å². The molecule has 0 heterocycles. The van der Waals surface area contributed by atoms with Crippen LogP contribution in [-0.2, 0) is 5.41 Å². The molecule has 1 aromatic rings. The molecule has 2 rings (SSSR count). The summed E-state index contributed by atoms with van der Waals surface area (Å²) in [5.74, 6) is 0. The van der Waals surface area contributed by atoms with E-state index in [1.807, 2.05) is 18.2 Å². The number of benzene rings is 1. The minimum absolute atomic E-state index is 0.0303. The van der Waals surface area contributed by atoms with Gasteiger partial charge in [0.15, 0.2) is 0 Å². The second-order valence-electron chi connectivity index (χ2n) is 4.27. The monoisotopic (exact) mass is 195 g/mol. The van der Waals surface area contributed by atoms with Gasteiger partial charge in [0.25, 0.3) is 0 Å². The minimum atomic E-state index is 0.0303. The molecule has 0 N–H and O–H groups in total. The molecule has 0 unspecified atom stereocenters. The molecule has 0 radical (unpaired) electrons. The Hall–Kier alpha value is -1.65. The van der Waals surface area contributed by atoms with Gasteiger partial charge in [-0.05, 0) is 19.4 Å². The average molecular weight is 195 g/mol. The molecule has 0 atom stereocenters. The minimum Gasteiger partial charge on any atom is -0.0622 e. The second-order valence-corrected chi connectivity index (χ2v) is 4.27. The van der Waals surface area contributed by atoms with E-state index in [0.717, 1.165) is 0 Å². The van der Waals surface area contributed by atoms with E-state index in [4.69, 9.17) is 0 Å². The summed E-state index contributed by atoms with van der Waals surface area (Å²) in [6.07, 6.45) is 11.5. The summed E-state index contributed by atoms with van der Waals surface area (Å²) in [5, 5.41) is 0. The molecule has 0 saturated carbocycles. The summed E-state index contributed by atoms with van der Waals surface area (Å²) in [7, 11) is 0. The summed E-state index contributed by atoms with van der Waals surface area (Å²) in [4.78, 5) is 0. The highest BCUT2D eigenvalue weighted by Gasteiger charge is 2.29. The van der Waals surface area contributed by atoms with E-state index in [0.29, 0.717) is 0 Å². The van der Waals surface area contributed by atoms with E-state index in [1.165, 1.54) is 11.1 Å². The summed E-state index contributed by atoms with van der Waals surface area (Å²) in [6.45, 7) is 4.46. The van der Waals surface area contributed by atoms with E-state index in [1.54, 1.807) is 0 Å². The van der Waals surface area contributed by atoms with Crippen molar-refractivity contribution in [2.45, 2.75) is 19.3 Å². The first kappa shape index (κ1) is 9.89. The molecule has 0 fully saturated rings. The maximum Gasteiger partial charge on any atom is 0.125 e. The Morgan fingerprint density at radius 1 is 1.00 bits per heavy atom. The fourth-order valence-corrected chi connectivity index (χ4v) is 1.79. The summed E-state index contributed by atoms with van der Waals surface area (Å²) in [5.41, 5.74) is 2.59. The molecule has 0 amide bonds. The Morgan fingerprint density at radius 3 is 2.33 bits per heavy atom. The Balaban J connectivity index is 2.39. The molecule has 15 heavy (non-hydrogen) atoms. The van der Waals surface area contributed by atoms with Crippen LogP contribution >= 0.6 is 0 Å². The van der Waals surface area contributed by atoms with Crippen LogP contribution in [0.1, 0.15) is 19.4 Å². The van der Waals surface area contributed by atoms with Gasteiger partial charge in [-0.1, -0.05) is 30.3 Å². The van der Waals surface area contributed by atoms with Crippen LogP contribution in [0.5, 0.6) is 0 Å². The van der Waals surface area contributed by atoms with E-state index in [9.17, 15) is 0 Å². The van der Waals surface area contributed by atoms with Crippen molar-refractivity contribution in [3.05, 3.63) is 71.8 Å². The van der Waals surface area contributed by atoms with Crippen LogP contribution in [0.3, 0.4) is 0 Å². The highest BCUT2D eigenvalue weighted by Crippen LogP contribution is 2.32. The standard InChI is InChI=1S/C15H15/c1-15(2,13-9-5-3-6-10-13)14-11-7-4-8-12-14/h3-11H,1-2H3/q+1. The maximum atomic E-state index is 3.31. The van der Waals surface area contributed by atoms with Gasteiger partial charge in [0.2, 0.25) is 0 Å². The zero-order valence-electron chi connectivity index (χ0n) is 9.20. The summed E-state index contributed by atoms with van der Waals surface area (Å²) < 4.78 is 0. The van der Waals surface area contributed by atoms with Gasteiger partial charge in [-0.2, -0.15) is 0 Å². The third-order valence-electron chi connectivity index (χ3n) is 2.88. The average Bonchev–Trinajstić information content (AvgIpc) is 2.31. The smallest absolute Gasteiger partial charge is 0.0622 e. The highest BCUT2D eigenvalue weighted by atomic mass is 14.3. The lowest BCUT2D eigenvalue weighted by Crippen LogP contribution is -2.19. The molecular weight excluding hydrogens is 180 g/mol. The lowest BCUT2D eigenvalue weighted by Gasteiger charge is -2.22. The number of rotatable bonds is 2. The van der Waals surface area contributed by atoms with Crippen LogP contribution in [0.15, 0.2) is 60.2 Å². The van der Waals surface area contributed by atoms with Crippen LogP contribution in [0.4, 0.5) is 0 Å². The molecule has 1 aromatic carbocycles. The lowest BCUT2D eigenvalue weighted by molar-refractivity contribution is 0.635. The first-order chi connectivity index (χ1) is 7.21. The summed E-state index contributed by atoms with van der Waals surface area (Å²) in [6, 6.07) is 10.6. The Bertz CT molecular complexity index is 417. The van der Waals surface area contributed by atoms with Gasteiger partial charge in [-0.15, -0.1) is 0 Å². The lowest BCUT2D eigenvalue weighted by atomic mass is 9.76. The van der Waals surface area contributed by atoms with Crippen molar-refractivity contribution in [3.8, 4) is 0 Å². The van der Waals surface area contributed by atoms with Gasteiger partial charge in [0, 0.05) is 23.6 Å². The van der Waals surface area contributed by atoms with Crippen molar-refractivity contribution < 1.29 is 0 Å². The third-order valence-corrected chi connectivity index (χ3v) is 2.88. The van der Waals surface area contributed by atoms with Crippen molar-refractivity contribution in [1.29, 1.82) is 0 Å². The summed E-state index contributed by atoms with van der Waals surface area (Å²) >= 11 is 0. The molecule has 0 bridgehead atoms. The molecule has 0 heteroatoms. The predicted octanol–water partition coefficient (Wildman–Crippen LogP) is 3.82. The van der Waals surface area contributed by atoms with Gasteiger partial charge in [-0.3, -0.25) is 0 Å². The molecule has 1 aliphatic carbocycles. The molecule has 0 nitrogen and oxygen atoms in total. The highest BCUT2D eigenvalue weighted by molar-refractivity contribution is 5.42. The van der Waals surface area contributed by atoms with Crippen LogP contribution in [0.2, 0.25) is 0 Å². The van der Waals surface area contributed by atoms with Crippen LogP contribution in [0.25, 0.3) is 0 Å². The predicted molar refractivity (Wildman–Crippen MR) is 64.5 cm³/mol. The van der Waals surface area contributed by atoms with Crippen molar-refractivity contribution in [2.75, 3.05) is 0 Å². The normalized spacial score (nSPS) is 14.7. The topological polar surface area (TPSA) is 0 Å². The molecular formula is C15H15+. The van der Waals surface area contributed by atoms with Gasteiger partial charge in [-0.25, -0.2) is 0 Å². The largest absolute Gasteiger partial charge is 0.125 e. The van der Waals surface area contributed by atoms with Gasteiger partial charge >= 0.3 is 0 Å². The van der Waals surface area contributed by atoms with E-state index >= 15 is 0 Å². The van der Waals surface area contributed by atoms with Crippen molar-refractivity contribution in [2.24, 2.45) is 0 Å². The molecule has 1 aliphatic rings. The van der Waals surface area contributed by atoms with Crippen molar-refractivity contribution >= 4 is 0 Å². The SMILES string of the molecule is CC(C)(C1=CC=CC=[C+]1)c1ccccc1. The fourth-order valence-electron chi connectivity index (χ4n) is 1.79. The first-order valence-electron chi connectivity index (χ1n) is 5.24.